The summed E-state index contributed by atoms with van der Waals surface area (Å²) in [4.78, 5) is 11.7. The van der Waals surface area contributed by atoms with Crippen LogP contribution < -0.4 is 15.2 Å². The minimum Gasteiger partial charge on any atom is -0.457 e. The van der Waals surface area contributed by atoms with Gasteiger partial charge in [0.1, 0.15) is 16.4 Å². The maximum Gasteiger partial charge on any atom is 0.419 e. The molecule has 1 N–H and O–H groups in total. The van der Waals surface area contributed by atoms with Gasteiger partial charge in [0.15, 0.2) is 5.58 Å². The topological polar surface area (TPSA) is 90.5 Å². The second-order valence-electron chi connectivity index (χ2n) is 6.41. The Kier molecular flexibility index (Phi) is 5.27. The maximum atomic E-state index is 12.8. The maximum absolute atomic E-state index is 12.8. The molecule has 0 unspecified atom stereocenters. The molecule has 3 aromatic carbocycles. The number of sulfonamides is 1. The number of nitrogens with one attached hydrogen (secondary N) is 1. The number of rotatable bonds is 6. The third-order valence-electron chi connectivity index (χ3n) is 4.41. The van der Waals surface area contributed by atoms with E-state index in [4.69, 9.17) is 20.8 Å². The van der Waals surface area contributed by atoms with Crippen molar-refractivity contribution in [2.45, 2.75) is 18.4 Å². The van der Waals surface area contributed by atoms with Gasteiger partial charge in [-0.3, -0.25) is 9.29 Å². The summed E-state index contributed by atoms with van der Waals surface area (Å²) < 4.78 is 40.4. The minimum atomic E-state index is -4.01. The van der Waals surface area contributed by atoms with Crippen molar-refractivity contribution < 1.29 is 17.6 Å². The number of nitrogens with zero attached hydrogens (tertiary/aromatic N) is 1. The first-order chi connectivity index (χ1) is 14.4. The molecule has 4 rings (SSSR count). The lowest BCUT2D eigenvalue weighted by atomic mass is 10.3. The van der Waals surface area contributed by atoms with E-state index in [2.05, 4.69) is 4.72 Å². The number of oxazole rings is 1. The van der Waals surface area contributed by atoms with Crippen molar-refractivity contribution in [2.75, 3.05) is 4.72 Å². The van der Waals surface area contributed by atoms with Crippen LogP contribution in [0.25, 0.3) is 11.1 Å². The van der Waals surface area contributed by atoms with E-state index >= 15 is 0 Å². The van der Waals surface area contributed by atoms with Crippen molar-refractivity contribution in [2.24, 2.45) is 0 Å². The summed E-state index contributed by atoms with van der Waals surface area (Å²) in [5.74, 6) is 0.665. The molecule has 1 heterocycles. The Morgan fingerprint density at radius 2 is 1.70 bits per heavy atom. The summed E-state index contributed by atoms with van der Waals surface area (Å²) in [6, 6.07) is 18.4. The molecule has 154 valence electrons. The number of anilines is 1. The van der Waals surface area contributed by atoms with Crippen LogP contribution in [0, 0.1) is 0 Å². The fraction of sp³-hybridized carbons (Fsp3) is 0.0952. The van der Waals surface area contributed by atoms with Gasteiger partial charge >= 0.3 is 5.76 Å². The van der Waals surface area contributed by atoms with E-state index < -0.39 is 15.8 Å². The van der Waals surface area contributed by atoms with Gasteiger partial charge in [0.05, 0.1) is 10.5 Å². The molecule has 0 aliphatic rings. The molecule has 0 radical (unpaired) electrons. The van der Waals surface area contributed by atoms with Crippen molar-refractivity contribution in [3.05, 3.63) is 82.3 Å². The minimum absolute atomic E-state index is 0.0120. The Morgan fingerprint density at radius 3 is 2.37 bits per heavy atom. The molecule has 9 heteroatoms. The zero-order valence-corrected chi connectivity index (χ0v) is 17.4. The third kappa shape index (κ3) is 3.92. The Morgan fingerprint density at radius 1 is 1.03 bits per heavy atom. The predicted molar refractivity (Wildman–Crippen MR) is 115 cm³/mol. The summed E-state index contributed by atoms with van der Waals surface area (Å²) in [5, 5.41) is -0.0120. The molecule has 30 heavy (non-hydrogen) atoms. The zero-order chi connectivity index (χ0) is 21.3. The second-order valence-corrected chi connectivity index (χ2v) is 8.47. The van der Waals surface area contributed by atoms with Gasteiger partial charge in [0.2, 0.25) is 0 Å². The van der Waals surface area contributed by atoms with E-state index in [0.29, 0.717) is 29.2 Å². The highest BCUT2D eigenvalue weighted by atomic mass is 35.5. The molecule has 7 nitrogen and oxygen atoms in total. The van der Waals surface area contributed by atoms with Crippen LogP contribution >= 0.6 is 11.6 Å². The van der Waals surface area contributed by atoms with Gasteiger partial charge in [0.25, 0.3) is 10.0 Å². The number of hydrogen-bond acceptors (Lipinski definition) is 5. The lowest BCUT2D eigenvalue weighted by Crippen LogP contribution is -2.14. The molecule has 0 fully saturated rings. The molecular weight excluding hydrogens is 428 g/mol. The summed E-state index contributed by atoms with van der Waals surface area (Å²) in [6.07, 6.45) is 0. The SMILES string of the molecule is CCn1c(=O)oc2cc(S(=O)(=O)Nc3ccc(Oc4ccccc4)cc3)c(Cl)cc21. The smallest absolute Gasteiger partial charge is 0.419 e. The van der Waals surface area contributed by atoms with Crippen LogP contribution in [-0.4, -0.2) is 13.0 Å². The van der Waals surface area contributed by atoms with Crippen LogP contribution in [0.3, 0.4) is 0 Å². The molecule has 4 aromatic rings. The van der Waals surface area contributed by atoms with Crippen LogP contribution in [-0.2, 0) is 16.6 Å². The van der Waals surface area contributed by atoms with Crippen LogP contribution in [0.2, 0.25) is 5.02 Å². The molecular formula is C21H17ClN2O5S. The number of benzene rings is 3. The molecule has 0 atom stereocenters. The van der Waals surface area contributed by atoms with E-state index in [-0.39, 0.29) is 15.5 Å². The predicted octanol–water partition coefficient (Wildman–Crippen LogP) is 4.86. The van der Waals surface area contributed by atoms with Crippen LogP contribution in [0.15, 0.2) is 80.8 Å². The number of halogens is 1. The summed E-state index contributed by atoms with van der Waals surface area (Å²) >= 11 is 6.21. The number of ether oxygens (including phenoxy) is 1. The van der Waals surface area contributed by atoms with Crippen LogP contribution in [0.1, 0.15) is 6.92 Å². The van der Waals surface area contributed by atoms with Gasteiger partial charge < -0.3 is 9.15 Å². The van der Waals surface area contributed by atoms with E-state index in [1.807, 2.05) is 30.3 Å². The molecule has 0 bridgehead atoms. The summed E-state index contributed by atoms with van der Waals surface area (Å²) in [5.41, 5.74) is 0.922. The molecule has 0 aliphatic carbocycles. The first-order valence-corrected chi connectivity index (χ1v) is 10.9. The van der Waals surface area contributed by atoms with Crippen molar-refractivity contribution in [1.29, 1.82) is 0 Å². The van der Waals surface area contributed by atoms with Gasteiger partial charge in [-0.1, -0.05) is 29.8 Å². The van der Waals surface area contributed by atoms with Gasteiger partial charge in [-0.25, -0.2) is 13.2 Å². The largest absolute Gasteiger partial charge is 0.457 e. The highest BCUT2D eigenvalue weighted by Crippen LogP contribution is 2.29. The van der Waals surface area contributed by atoms with Crippen LogP contribution in [0.4, 0.5) is 5.69 Å². The molecule has 0 saturated heterocycles. The molecule has 0 amide bonds. The quantitative estimate of drug-likeness (QED) is 0.458. The van der Waals surface area contributed by atoms with E-state index in [9.17, 15) is 13.2 Å². The van der Waals surface area contributed by atoms with Crippen LogP contribution in [0.5, 0.6) is 11.5 Å². The number of para-hydroxylation sites is 1. The first-order valence-electron chi connectivity index (χ1n) is 9.06. The highest BCUT2D eigenvalue weighted by Gasteiger charge is 2.22. The number of aryl methyl sites for hydroxylation is 1. The molecule has 0 aliphatic heterocycles. The Hall–Kier alpha value is -3.23. The van der Waals surface area contributed by atoms with Crippen molar-refractivity contribution in [1.82, 2.24) is 4.57 Å². The Labute approximate surface area is 177 Å². The normalized spacial score (nSPS) is 11.5. The van der Waals surface area contributed by atoms with Gasteiger partial charge in [-0.05, 0) is 49.4 Å². The number of fused-ring (bicyclic) bond motifs is 1. The Bertz CT molecular complexity index is 1360. The molecule has 0 spiro atoms. The van der Waals surface area contributed by atoms with Gasteiger partial charge in [-0.2, -0.15) is 0 Å². The van der Waals surface area contributed by atoms with Crippen molar-refractivity contribution >= 4 is 38.4 Å². The lowest BCUT2D eigenvalue weighted by Gasteiger charge is -2.11. The first kappa shape index (κ1) is 20.1. The standard InChI is InChI=1S/C21H17ClN2O5S/c1-2-24-18-12-17(22)20(13-19(18)29-21(24)25)30(26,27)23-14-8-10-16(11-9-14)28-15-6-4-3-5-7-15/h3-13,23H,2H2,1H3. The average molecular weight is 445 g/mol. The fourth-order valence-electron chi connectivity index (χ4n) is 3.00. The van der Waals surface area contributed by atoms with E-state index in [1.165, 1.54) is 16.7 Å². The fourth-order valence-corrected chi connectivity index (χ4v) is 4.59. The van der Waals surface area contributed by atoms with Crippen molar-refractivity contribution in [3.63, 3.8) is 0 Å². The summed E-state index contributed by atoms with van der Waals surface area (Å²) in [6.45, 7) is 2.16. The van der Waals surface area contributed by atoms with E-state index in [0.717, 1.165) is 0 Å². The van der Waals surface area contributed by atoms with E-state index in [1.54, 1.807) is 31.2 Å². The Balaban J connectivity index is 1.60. The summed E-state index contributed by atoms with van der Waals surface area (Å²) in [7, 11) is -4.01. The number of hydrogen-bond donors (Lipinski definition) is 1. The van der Waals surface area contributed by atoms with Gasteiger partial charge in [-0.15, -0.1) is 0 Å². The zero-order valence-electron chi connectivity index (χ0n) is 15.8. The van der Waals surface area contributed by atoms with Crippen molar-refractivity contribution in [3.8, 4) is 11.5 Å². The average Bonchev–Trinajstić information content (AvgIpc) is 3.03. The molecule has 0 saturated carbocycles. The highest BCUT2D eigenvalue weighted by molar-refractivity contribution is 7.92. The van der Waals surface area contributed by atoms with Gasteiger partial charge in [0, 0.05) is 18.3 Å². The number of aromatic nitrogens is 1. The third-order valence-corrected chi connectivity index (χ3v) is 6.26. The lowest BCUT2D eigenvalue weighted by molar-refractivity contribution is 0.483. The molecule has 1 aromatic heterocycles. The second kappa shape index (κ2) is 7.89. The monoisotopic (exact) mass is 444 g/mol.